The quantitative estimate of drug-likeness (QED) is 0.651. The van der Waals surface area contributed by atoms with E-state index < -0.39 is 5.82 Å². The van der Waals surface area contributed by atoms with Gasteiger partial charge in [-0.25, -0.2) is 9.37 Å². The Morgan fingerprint density at radius 3 is 2.89 bits per heavy atom. The summed E-state index contributed by atoms with van der Waals surface area (Å²) in [5.41, 5.74) is 1.68. The summed E-state index contributed by atoms with van der Waals surface area (Å²) in [6.07, 6.45) is 7.02. The van der Waals surface area contributed by atoms with Crippen molar-refractivity contribution in [2.24, 2.45) is 0 Å². The van der Waals surface area contributed by atoms with Crippen molar-refractivity contribution in [1.82, 2.24) is 9.97 Å². The zero-order valence-electron chi connectivity index (χ0n) is 15.0. The number of nitrogens with one attached hydrogen (secondary N) is 2. The number of hydrogen-bond acceptors (Lipinski definition) is 6. The lowest BCUT2D eigenvalue weighted by atomic mass is 10.2. The summed E-state index contributed by atoms with van der Waals surface area (Å²) in [7, 11) is 0. The van der Waals surface area contributed by atoms with Gasteiger partial charge in [0.05, 0.1) is 18.0 Å². The molecular formula is C20H19FN4O2S. The van der Waals surface area contributed by atoms with E-state index in [1.54, 1.807) is 24.5 Å². The van der Waals surface area contributed by atoms with Crippen LogP contribution in [0.5, 0.6) is 0 Å². The summed E-state index contributed by atoms with van der Waals surface area (Å²) >= 11 is 1.27. The Bertz CT molecular complexity index is 958. The average molecular weight is 398 g/mol. The lowest BCUT2D eigenvalue weighted by Gasteiger charge is -2.13. The van der Waals surface area contributed by atoms with Crippen LogP contribution < -0.4 is 10.6 Å². The van der Waals surface area contributed by atoms with Gasteiger partial charge in [-0.1, -0.05) is 0 Å². The second kappa shape index (κ2) is 8.45. The third-order valence-corrected chi connectivity index (χ3v) is 5.47. The minimum absolute atomic E-state index is 0.125. The lowest BCUT2D eigenvalue weighted by Crippen LogP contribution is -2.19. The lowest BCUT2D eigenvalue weighted by molar-refractivity contribution is 0.103. The Balaban J connectivity index is 1.39. The van der Waals surface area contributed by atoms with E-state index >= 15 is 0 Å². The van der Waals surface area contributed by atoms with Gasteiger partial charge in [-0.3, -0.25) is 9.78 Å². The highest BCUT2D eigenvalue weighted by Gasteiger charge is 2.16. The average Bonchev–Trinajstić information content (AvgIpc) is 3.40. The van der Waals surface area contributed by atoms with Gasteiger partial charge in [-0.05, 0) is 43.2 Å². The van der Waals surface area contributed by atoms with E-state index in [2.05, 4.69) is 20.6 Å². The molecule has 28 heavy (non-hydrogen) atoms. The Morgan fingerprint density at radius 2 is 2.14 bits per heavy atom. The van der Waals surface area contributed by atoms with Crippen molar-refractivity contribution in [3.8, 4) is 10.6 Å². The summed E-state index contributed by atoms with van der Waals surface area (Å²) in [6, 6.07) is 8.26. The van der Waals surface area contributed by atoms with Gasteiger partial charge in [-0.2, -0.15) is 0 Å². The zero-order chi connectivity index (χ0) is 19.3. The van der Waals surface area contributed by atoms with Crippen molar-refractivity contribution in [3.63, 3.8) is 0 Å². The molecule has 0 spiro atoms. The van der Waals surface area contributed by atoms with E-state index in [1.165, 1.54) is 23.6 Å². The molecule has 0 saturated carbocycles. The van der Waals surface area contributed by atoms with Crippen LogP contribution in [0.15, 0.2) is 48.9 Å². The Kier molecular flexibility index (Phi) is 5.59. The van der Waals surface area contributed by atoms with Crippen LogP contribution in [-0.2, 0) is 4.74 Å². The van der Waals surface area contributed by atoms with Crippen molar-refractivity contribution in [2.75, 3.05) is 23.8 Å². The minimum atomic E-state index is -0.419. The minimum Gasteiger partial charge on any atom is -0.380 e. The monoisotopic (exact) mass is 398 g/mol. The van der Waals surface area contributed by atoms with Crippen LogP contribution in [0.1, 0.15) is 22.5 Å². The number of ether oxygens (including phenoxy) is 1. The summed E-state index contributed by atoms with van der Waals surface area (Å²) in [5.74, 6) is -0.741. The van der Waals surface area contributed by atoms with E-state index in [0.717, 1.165) is 30.0 Å². The molecular weight excluding hydrogens is 379 g/mol. The largest absolute Gasteiger partial charge is 0.380 e. The van der Waals surface area contributed by atoms with Crippen molar-refractivity contribution in [1.29, 1.82) is 0 Å². The molecule has 4 rings (SSSR count). The Labute approximate surface area is 165 Å². The molecule has 1 fully saturated rings. The topological polar surface area (TPSA) is 76.1 Å². The molecule has 0 bridgehead atoms. The number of pyridine rings is 1. The molecule has 2 aromatic heterocycles. The number of hydrogen-bond donors (Lipinski definition) is 2. The van der Waals surface area contributed by atoms with E-state index in [9.17, 15) is 9.18 Å². The summed E-state index contributed by atoms with van der Waals surface area (Å²) in [5, 5.41) is 6.51. The van der Waals surface area contributed by atoms with Gasteiger partial charge < -0.3 is 15.4 Å². The van der Waals surface area contributed by atoms with Gasteiger partial charge in [0.25, 0.3) is 5.91 Å². The van der Waals surface area contributed by atoms with Gasteiger partial charge in [0, 0.05) is 36.8 Å². The predicted octanol–water partition coefficient (Wildman–Crippen LogP) is 4.19. The number of carbonyl (C=O) groups is 1. The normalized spacial score (nSPS) is 16.1. The number of amides is 1. The molecule has 8 heteroatoms. The maximum absolute atomic E-state index is 14.3. The van der Waals surface area contributed by atoms with Crippen molar-refractivity contribution >= 4 is 28.6 Å². The summed E-state index contributed by atoms with van der Waals surface area (Å²) in [4.78, 5) is 21.1. The number of thiazole rings is 1. The van der Waals surface area contributed by atoms with Gasteiger partial charge in [-0.15, -0.1) is 11.3 Å². The molecule has 0 radical (unpaired) electrons. The van der Waals surface area contributed by atoms with Gasteiger partial charge >= 0.3 is 0 Å². The number of anilines is 2. The van der Waals surface area contributed by atoms with Gasteiger partial charge in [0.15, 0.2) is 0 Å². The molecule has 1 amide bonds. The first-order valence-corrected chi connectivity index (χ1v) is 9.83. The maximum atomic E-state index is 14.3. The SMILES string of the molecule is O=C(Nc1ccc(NCC2CCCO2)c(F)c1)c1cnc(-c2ccncc2)s1. The van der Waals surface area contributed by atoms with Crippen molar-refractivity contribution < 1.29 is 13.9 Å². The molecule has 1 aromatic carbocycles. The molecule has 3 aromatic rings. The van der Waals surface area contributed by atoms with E-state index in [1.807, 2.05) is 12.1 Å². The molecule has 1 aliphatic heterocycles. The Morgan fingerprint density at radius 1 is 1.29 bits per heavy atom. The van der Waals surface area contributed by atoms with Gasteiger partial charge in [0.1, 0.15) is 15.7 Å². The number of nitrogens with zero attached hydrogens (tertiary/aromatic N) is 2. The van der Waals surface area contributed by atoms with Crippen molar-refractivity contribution in [2.45, 2.75) is 18.9 Å². The van der Waals surface area contributed by atoms with E-state index in [4.69, 9.17) is 4.74 Å². The van der Waals surface area contributed by atoms with Crippen LogP contribution in [0.3, 0.4) is 0 Å². The Hall–Kier alpha value is -2.84. The second-order valence-electron chi connectivity index (χ2n) is 6.43. The van der Waals surface area contributed by atoms with Crippen molar-refractivity contribution in [3.05, 3.63) is 59.6 Å². The molecule has 1 aliphatic rings. The number of halogens is 1. The molecule has 0 aliphatic carbocycles. The van der Waals surface area contributed by atoms with Crippen LogP contribution in [0.4, 0.5) is 15.8 Å². The number of rotatable bonds is 6. The van der Waals surface area contributed by atoms with Crippen LogP contribution in [0, 0.1) is 5.82 Å². The molecule has 6 nitrogen and oxygen atoms in total. The maximum Gasteiger partial charge on any atom is 0.267 e. The smallest absolute Gasteiger partial charge is 0.267 e. The summed E-state index contributed by atoms with van der Waals surface area (Å²) < 4.78 is 19.9. The third kappa shape index (κ3) is 4.35. The fourth-order valence-electron chi connectivity index (χ4n) is 2.97. The molecule has 1 saturated heterocycles. The number of benzene rings is 1. The summed E-state index contributed by atoms with van der Waals surface area (Å²) in [6.45, 7) is 1.33. The third-order valence-electron chi connectivity index (χ3n) is 4.43. The van der Waals surface area contributed by atoms with Crippen LogP contribution in [0.2, 0.25) is 0 Å². The fourth-order valence-corrected chi connectivity index (χ4v) is 3.78. The predicted molar refractivity (Wildman–Crippen MR) is 107 cm³/mol. The zero-order valence-corrected chi connectivity index (χ0v) is 15.8. The number of carbonyl (C=O) groups excluding carboxylic acids is 1. The molecule has 1 atom stereocenters. The first-order valence-electron chi connectivity index (χ1n) is 9.01. The van der Waals surface area contributed by atoms with Crippen LogP contribution >= 0.6 is 11.3 Å². The van der Waals surface area contributed by atoms with Crippen LogP contribution in [-0.4, -0.2) is 35.1 Å². The second-order valence-corrected chi connectivity index (χ2v) is 7.46. The number of aromatic nitrogens is 2. The van der Waals surface area contributed by atoms with Gasteiger partial charge in [0.2, 0.25) is 0 Å². The molecule has 144 valence electrons. The molecule has 2 N–H and O–H groups in total. The fraction of sp³-hybridized carbons (Fsp3) is 0.250. The highest BCUT2D eigenvalue weighted by Crippen LogP contribution is 2.26. The standard InChI is InChI=1S/C20H19FN4O2S/c21-16-10-14(3-4-17(16)23-11-15-2-1-9-27-15)25-19(26)18-12-24-20(28-18)13-5-7-22-8-6-13/h3-8,10,12,15,23H,1-2,9,11H2,(H,25,26). The van der Waals surface area contributed by atoms with Crippen LogP contribution in [0.25, 0.3) is 10.6 Å². The molecule has 1 unspecified atom stereocenters. The first kappa shape index (κ1) is 18.5. The first-order chi connectivity index (χ1) is 13.7. The highest BCUT2D eigenvalue weighted by molar-refractivity contribution is 7.17. The van der Waals surface area contributed by atoms with E-state index in [0.29, 0.717) is 22.8 Å². The highest BCUT2D eigenvalue weighted by atomic mass is 32.1. The van der Waals surface area contributed by atoms with E-state index in [-0.39, 0.29) is 12.0 Å². The molecule has 3 heterocycles.